The van der Waals surface area contributed by atoms with Crippen LogP contribution in [0.2, 0.25) is 0 Å². The molecule has 2 atom stereocenters. The highest BCUT2D eigenvalue weighted by Gasteiger charge is 2.42. The van der Waals surface area contributed by atoms with Gasteiger partial charge in [0.2, 0.25) is 0 Å². The lowest BCUT2D eigenvalue weighted by Crippen LogP contribution is -2.43. The molecule has 1 aliphatic heterocycles. The third-order valence-electron chi connectivity index (χ3n) is 7.33. The molecule has 0 amide bonds. The summed E-state index contributed by atoms with van der Waals surface area (Å²) in [7, 11) is 0. The summed E-state index contributed by atoms with van der Waals surface area (Å²) in [5, 5.41) is 32.8. The van der Waals surface area contributed by atoms with E-state index in [0.717, 1.165) is 31.4 Å². The molecule has 3 N–H and O–H groups in total. The van der Waals surface area contributed by atoms with Crippen molar-refractivity contribution >= 4 is 17.1 Å². The average Bonchev–Trinajstić information content (AvgIpc) is 2.93. The summed E-state index contributed by atoms with van der Waals surface area (Å²) in [5.41, 5.74) is 1.86. The quantitative estimate of drug-likeness (QED) is 0.591. The van der Waals surface area contributed by atoms with E-state index in [4.69, 9.17) is 5.41 Å². The molecule has 1 fully saturated rings. The minimum atomic E-state index is -0.461. The molecule has 1 aromatic carbocycles. The van der Waals surface area contributed by atoms with Gasteiger partial charge in [0.15, 0.2) is 11.6 Å². The topological polar surface area (TPSA) is 119 Å². The smallest absolute Gasteiger partial charge is 0.198 e. The Labute approximate surface area is 198 Å². The van der Waals surface area contributed by atoms with Crippen molar-refractivity contribution in [1.29, 1.82) is 10.7 Å². The minimum Gasteiger partial charge on any atom is -0.507 e. The zero-order valence-corrected chi connectivity index (χ0v) is 19.4. The Morgan fingerprint density at radius 1 is 1.21 bits per heavy atom. The summed E-state index contributed by atoms with van der Waals surface area (Å²) in [6, 6.07) is 9.64. The van der Waals surface area contributed by atoms with Crippen LogP contribution in [0.3, 0.4) is 0 Å². The fraction of sp³-hybridized carbons (Fsp3) is 0.407. The van der Waals surface area contributed by atoms with Gasteiger partial charge in [0, 0.05) is 23.7 Å². The zero-order chi connectivity index (χ0) is 24.2. The number of nitrogens with zero attached hydrogens (tertiary/aromatic N) is 2. The Hall–Kier alpha value is -3.66. The van der Waals surface area contributed by atoms with Crippen molar-refractivity contribution in [1.82, 2.24) is 9.88 Å². The molecule has 5 rings (SSSR count). The van der Waals surface area contributed by atoms with E-state index < -0.39 is 5.78 Å². The van der Waals surface area contributed by atoms with Crippen LogP contribution in [0.5, 0.6) is 5.75 Å². The number of rotatable bonds is 2. The van der Waals surface area contributed by atoms with Gasteiger partial charge in [-0.05, 0) is 42.9 Å². The molecule has 34 heavy (non-hydrogen) atoms. The maximum Gasteiger partial charge on any atom is 0.198 e. The number of para-hydroxylation sites is 1. The Morgan fingerprint density at radius 3 is 2.68 bits per heavy atom. The fourth-order valence-corrected chi connectivity index (χ4v) is 5.84. The lowest BCUT2D eigenvalue weighted by molar-refractivity contribution is -0.116. The van der Waals surface area contributed by atoms with Crippen LogP contribution < -0.4 is 10.8 Å². The van der Waals surface area contributed by atoms with Gasteiger partial charge in [-0.25, -0.2) is 0 Å². The number of nitriles is 1. The SMILES string of the molecule is CC1(C)CC(=O)C2=C(C1)NC1CCCCC1n1c2c(C(=O)c2ccccc2O)cc(C#N)c1=N. The van der Waals surface area contributed by atoms with E-state index in [2.05, 4.69) is 25.2 Å². The third kappa shape index (κ3) is 3.45. The first-order valence-electron chi connectivity index (χ1n) is 11.8. The number of pyridine rings is 1. The predicted molar refractivity (Wildman–Crippen MR) is 126 cm³/mol. The fourth-order valence-electron chi connectivity index (χ4n) is 5.84. The molecule has 0 bridgehead atoms. The van der Waals surface area contributed by atoms with Crippen LogP contribution in [0.15, 0.2) is 36.0 Å². The van der Waals surface area contributed by atoms with Gasteiger partial charge in [-0.3, -0.25) is 15.0 Å². The summed E-state index contributed by atoms with van der Waals surface area (Å²) >= 11 is 0. The zero-order valence-electron chi connectivity index (χ0n) is 19.4. The Kier molecular flexibility index (Phi) is 5.20. The monoisotopic (exact) mass is 456 g/mol. The molecule has 1 aromatic heterocycles. The molecule has 2 unspecified atom stereocenters. The van der Waals surface area contributed by atoms with Crippen LogP contribution >= 0.6 is 0 Å². The number of carbonyl (C=O) groups excluding carboxylic acids is 2. The van der Waals surface area contributed by atoms with Crippen molar-refractivity contribution in [2.75, 3.05) is 0 Å². The molecule has 3 aliphatic rings. The molecule has 7 heteroatoms. The molecule has 0 spiro atoms. The molecule has 0 radical (unpaired) electrons. The number of aromatic hydroxyl groups is 1. The van der Waals surface area contributed by atoms with Gasteiger partial charge in [0.25, 0.3) is 0 Å². The number of nitrogens with one attached hydrogen (secondary N) is 2. The van der Waals surface area contributed by atoms with Crippen molar-refractivity contribution in [3.8, 4) is 11.8 Å². The highest BCUT2D eigenvalue weighted by molar-refractivity contribution is 6.25. The number of phenols is 1. The first-order chi connectivity index (χ1) is 16.2. The standard InChI is InChI=1S/C27H28N4O3/c1-27(2)12-19-23(22(33)13-27)24-17(25(34)16-7-3-6-10-21(16)32)11-15(14-28)26(29)31(24)20-9-5-4-8-18(20)30-19/h3,6-7,10-11,18,20,29-30,32H,4-5,8-9,12-13H2,1-2H3. The molecule has 174 valence electrons. The molecule has 2 aromatic rings. The first kappa shape index (κ1) is 22.1. The molecule has 1 saturated carbocycles. The number of hydrogen-bond acceptors (Lipinski definition) is 6. The number of hydrogen-bond donors (Lipinski definition) is 3. The van der Waals surface area contributed by atoms with Gasteiger partial charge in [0.05, 0.1) is 28.4 Å². The Balaban J connectivity index is 1.87. The van der Waals surface area contributed by atoms with Gasteiger partial charge in [-0.1, -0.05) is 38.8 Å². The van der Waals surface area contributed by atoms with Crippen LogP contribution in [0.1, 0.15) is 85.6 Å². The van der Waals surface area contributed by atoms with E-state index in [1.807, 2.05) is 0 Å². The van der Waals surface area contributed by atoms with E-state index in [9.17, 15) is 20.0 Å². The van der Waals surface area contributed by atoms with Crippen LogP contribution in [0.4, 0.5) is 0 Å². The van der Waals surface area contributed by atoms with Gasteiger partial charge in [-0.2, -0.15) is 5.26 Å². The van der Waals surface area contributed by atoms with E-state index in [1.165, 1.54) is 18.2 Å². The molecule has 2 aliphatic carbocycles. The maximum absolute atomic E-state index is 13.8. The summed E-state index contributed by atoms with van der Waals surface area (Å²) < 4.78 is 1.77. The Morgan fingerprint density at radius 2 is 1.94 bits per heavy atom. The van der Waals surface area contributed by atoms with Gasteiger partial charge >= 0.3 is 0 Å². The van der Waals surface area contributed by atoms with Crippen molar-refractivity contribution in [3.63, 3.8) is 0 Å². The number of Topliss-reactive ketones (excluding diaryl/α,β-unsaturated/α-hetero) is 1. The number of benzene rings is 1. The average molecular weight is 457 g/mol. The van der Waals surface area contributed by atoms with E-state index in [-0.39, 0.29) is 51.2 Å². The number of allylic oxidation sites excluding steroid dienone is 2. The number of aromatic nitrogens is 1. The van der Waals surface area contributed by atoms with E-state index >= 15 is 0 Å². The minimum absolute atomic E-state index is 0.0119. The lowest BCUT2D eigenvalue weighted by atomic mass is 9.74. The lowest BCUT2D eigenvalue weighted by Gasteiger charge is -2.35. The second-order valence-corrected chi connectivity index (χ2v) is 10.4. The van der Waals surface area contributed by atoms with Crippen molar-refractivity contribution in [2.45, 2.75) is 64.5 Å². The number of fused-ring (bicyclic) bond motifs is 4. The Bertz CT molecular complexity index is 1360. The summed E-state index contributed by atoms with van der Waals surface area (Å²) in [5.74, 6) is -0.689. The van der Waals surface area contributed by atoms with Crippen LogP contribution in [0, 0.1) is 22.2 Å². The predicted octanol–water partition coefficient (Wildman–Crippen LogP) is 3.96. The second-order valence-electron chi connectivity index (χ2n) is 10.4. The molecule has 7 nitrogen and oxygen atoms in total. The van der Waals surface area contributed by atoms with Gasteiger partial charge in [-0.15, -0.1) is 0 Å². The van der Waals surface area contributed by atoms with E-state index in [0.29, 0.717) is 24.1 Å². The molecule has 0 saturated heterocycles. The highest BCUT2D eigenvalue weighted by atomic mass is 16.3. The number of phenolic OH excluding ortho intramolecular Hbond substituents is 1. The third-order valence-corrected chi connectivity index (χ3v) is 7.33. The van der Waals surface area contributed by atoms with Crippen molar-refractivity contribution < 1.29 is 14.7 Å². The molecular formula is C27H28N4O3. The van der Waals surface area contributed by atoms with Crippen LogP contribution in [-0.4, -0.2) is 27.3 Å². The van der Waals surface area contributed by atoms with Gasteiger partial charge < -0.3 is 15.0 Å². The van der Waals surface area contributed by atoms with Crippen LogP contribution in [0.25, 0.3) is 5.57 Å². The van der Waals surface area contributed by atoms with Gasteiger partial charge in [0.1, 0.15) is 17.3 Å². The summed E-state index contributed by atoms with van der Waals surface area (Å²) in [6.07, 6.45) is 4.69. The molecule has 2 heterocycles. The second kappa shape index (κ2) is 7.98. The maximum atomic E-state index is 13.8. The first-order valence-corrected chi connectivity index (χ1v) is 11.8. The van der Waals surface area contributed by atoms with Crippen molar-refractivity contribution in [3.05, 3.63) is 63.9 Å². The molecular weight excluding hydrogens is 428 g/mol. The number of carbonyl (C=O) groups is 2. The van der Waals surface area contributed by atoms with E-state index in [1.54, 1.807) is 16.7 Å². The summed E-state index contributed by atoms with van der Waals surface area (Å²) in [4.78, 5) is 27.4. The number of ketones is 2. The normalized spacial score (nSPS) is 23.0. The highest BCUT2D eigenvalue weighted by Crippen LogP contribution is 2.44. The van der Waals surface area contributed by atoms with Crippen molar-refractivity contribution in [2.24, 2.45) is 5.41 Å². The summed E-state index contributed by atoms with van der Waals surface area (Å²) in [6.45, 7) is 4.13. The largest absolute Gasteiger partial charge is 0.507 e. The van der Waals surface area contributed by atoms with Crippen LogP contribution in [-0.2, 0) is 4.79 Å².